The molecule has 1 aliphatic rings. The van der Waals surface area contributed by atoms with Gasteiger partial charge in [0.05, 0.1) is 18.8 Å². The number of fused-ring (bicyclic) bond motifs is 1. The van der Waals surface area contributed by atoms with Crippen LogP contribution in [0.5, 0.6) is 5.75 Å². The van der Waals surface area contributed by atoms with Crippen molar-refractivity contribution in [2.45, 2.75) is 26.3 Å². The molecule has 1 unspecified atom stereocenters. The van der Waals surface area contributed by atoms with Gasteiger partial charge in [-0.3, -0.25) is 9.89 Å². The fourth-order valence-corrected chi connectivity index (χ4v) is 3.73. The summed E-state index contributed by atoms with van der Waals surface area (Å²) in [4.78, 5) is 15.0. The minimum absolute atomic E-state index is 0.0125. The molecule has 0 fully saturated rings. The summed E-state index contributed by atoms with van der Waals surface area (Å²) in [5, 5.41) is 7.49. The lowest BCUT2D eigenvalue weighted by atomic mass is 9.95. The van der Waals surface area contributed by atoms with Crippen molar-refractivity contribution < 1.29 is 9.53 Å². The fourth-order valence-electron chi connectivity index (χ4n) is 3.73. The van der Waals surface area contributed by atoms with Crippen molar-refractivity contribution in [1.82, 2.24) is 15.1 Å². The molecule has 4 rings (SSSR count). The average molecular weight is 361 g/mol. The lowest BCUT2D eigenvalue weighted by Gasteiger charge is -2.26. The molecular weight excluding hydrogens is 338 g/mol. The van der Waals surface area contributed by atoms with Crippen LogP contribution in [0.3, 0.4) is 0 Å². The number of benzene rings is 2. The molecule has 1 aromatic heterocycles. The molecule has 5 heteroatoms. The maximum atomic E-state index is 13.0. The van der Waals surface area contributed by atoms with Gasteiger partial charge in [0.2, 0.25) is 0 Å². The first-order chi connectivity index (χ1) is 13.1. The molecule has 0 bridgehead atoms. The van der Waals surface area contributed by atoms with E-state index in [0.717, 1.165) is 34.6 Å². The molecule has 0 saturated carbocycles. The number of methoxy groups -OCH3 is 1. The summed E-state index contributed by atoms with van der Waals surface area (Å²) in [6.45, 7) is 4.85. The van der Waals surface area contributed by atoms with Crippen molar-refractivity contribution in [1.29, 1.82) is 0 Å². The molecule has 3 aromatic rings. The molecule has 1 atom stereocenters. The van der Waals surface area contributed by atoms with Crippen LogP contribution in [0, 0.1) is 6.92 Å². The minimum Gasteiger partial charge on any atom is -0.497 e. The topological polar surface area (TPSA) is 58.2 Å². The summed E-state index contributed by atoms with van der Waals surface area (Å²) in [5.74, 6) is 0.815. The van der Waals surface area contributed by atoms with Gasteiger partial charge in [-0.25, -0.2) is 0 Å². The SMILES string of the molecule is CCCN1C(=O)c2[nH]nc(-c3ccc(C)cc3)c2C1c1ccc(OC)cc1. The Balaban J connectivity index is 1.85. The summed E-state index contributed by atoms with van der Waals surface area (Å²) in [6.07, 6.45) is 0.899. The highest BCUT2D eigenvalue weighted by Crippen LogP contribution is 2.43. The molecule has 2 heterocycles. The summed E-state index contributed by atoms with van der Waals surface area (Å²) in [5.41, 5.74) is 5.68. The molecule has 0 radical (unpaired) electrons. The van der Waals surface area contributed by atoms with Crippen LogP contribution < -0.4 is 4.74 Å². The van der Waals surface area contributed by atoms with Gasteiger partial charge in [0.15, 0.2) is 0 Å². The van der Waals surface area contributed by atoms with Crippen LogP contribution in [0.2, 0.25) is 0 Å². The molecule has 1 N–H and O–H groups in total. The largest absolute Gasteiger partial charge is 0.497 e. The molecular formula is C22H23N3O2. The lowest BCUT2D eigenvalue weighted by Crippen LogP contribution is -2.30. The second-order valence-electron chi connectivity index (χ2n) is 6.90. The Hall–Kier alpha value is -3.08. The number of amides is 1. The third-order valence-electron chi connectivity index (χ3n) is 5.08. The molecule has 138 valence electrons. The quantitative estimate of drug-likeness (QED) is 0.735. The van der Waals surface area contributed by atoms with Gasteiger partial charge in [0, 0.05) is 17.7 Å². The zero-order valence-corrected chi connectivity index (χ0v) is 15.8. The highest BCUT2D eigenvalue weighted by molar-refractivity contribution is 6.00. The highest BCUT2D eigenvalue weighted by atomic mass is 16.5. The second kappa shape index (κ2) is 6.91. The molecule has 5 nitrogen and oxygen atoms in total. The number of carbonyl (C=O) groups excluding carboxylic acids is 1. The van der Waals surface area contributed by atoms with Crippen LogP contribution in [0.4, 0.5) is 0 Å². The number of rotatable bonds is 5. The number of nitrogens with zero attached hydrogens (tertiary/aromatic N) is 2. The smallest absolute Gasteiger partial charge is 0.273 e. The first-order valence-corrected chi connectivity index (χ1v) is 9.24. The van der Waals surface area contributed by atoms with E-state index in [0.29, 0.717) is 12.2 Å². The Bertz CT molecular complexity index is 958. The fraction of sp³-hybridized carbons (Fsp3) is 0.273. The van der Waals surface area contributed by atoms with Gasteiger partial charge in [0.1, 0.15) is 11.4 Å². The Labute approximate surface area is 159 Å². The van der Waals surface area contributed by atoms with Crippen LogP contribution in [0.1, 0.15) is 46.6 Å². The number of ether oxygens (including phenoxy) is 1. The van der Waals surface area contributed by atoms with Gasteiger partial charge in [-0.05, 0) is 31.0 Å². The van der Waals surface area contributed by atoms with Crippen molar-refractivity contribution in [3.8, 4) is 17.0 Å². The van der Waals surface area contributed by atoms with Crippen molar-refractivity contribution in [2.75, 3.05) is 13.7 Å². The van der Waals surface area contributed by atoms with E-state index in [1.165, 1.54) is 5.56 Å². The van der Waals surface area contributed by atoms with E-state index in [1.807, 2.05) is 29.2 Å². The Kier molecular flexibility index (Phi) is 4.44. The van der Waals surface area contributed by atoms with Crippen molar-refractivity contribution in [2.24, 2.45) is 0 Å². The van der Waals surface area contributed by atoms with Crippen LogP contribution in [-0.2, 0) is 0 Å². The number of H-pyrrole nitrogens is 1. The van der Waals surface area contributed by atoms with E-state index in [9.17, 15) is 4.79 Å². The van der Waals surface area contributed by atoms with Gasteiger partial charge in [-0.1, -0.05) is 48.9 Å². The third-order valence-corrected chi connectivity index (χ3v) is 5.08. The number of nitrogens with one attached hydrogen (secondary N) is 1. The minimum atomic E-state index is -0.145. The molecule has 2 aromatic carbocycles. The van der Waals surface area contributed by atoms with Gasteiger partial charge in [-0.15, -0.1) is 0 Å². The van der Waals surface area contributed by atoms with Crippen molar-refractivity contribution in [3.63, 3.8) is 0 Å². The van der Waals surface area contributed by atoms with Crippen molar-refractivity contribution in [3.05, 3.63) is 70.9 Å². The summed E-state index contributed by atoms with van der Waals surface area (Å²) < 4.78 is 5.29. The standard InChI is InChI=1S/C22H23N3O2/c1-4-13-25-21(16-9-11-17(27-3)12-10-16)18-19(23-24-20(18)22(25)26)15-7-5-14(2)6-8-15/h5-12,21H,4,13H2,1-3H3,(H,23,24). The first kappa shape index (κ1) is 17.3. The molecule has 0 aliphatic carbocycles. The zero-order valence-electron chi connectivity index (χ0n) is 15.8. The molecule has 1 amide bonds. The molecule has 0 saturated heterocycles. The predicted octanol–water partition coefficient (Wildman–Crippen LogP) is 4.35. The lowest BCUT2D eigenvalue weighted by molar-refractivity contribution is 0.0744. The van der Waals surface area contributed by atoms with Crippen LogP contribution in [-0.4, -0.2) is 34.7 Å². The Morgan fingerprint density at radius 2 is 1.81 bits per heavy atom. The number of aromatic amines is 1. The maximum absolute atomic E-state index is 13.0. The first-order valence-electron chi connectivity index (χ1n) is 9.24. The van der Waals surface area contributed by atoms with Gasteiger partial charge in [0.25, 0.3) is 5.91 Å². The number of carbonyl (C=O) groups is 1. The maximum Gasteiger partial charge on any atom is 0.273 e. The number of hydrogen-bond donors (Lipinski definition) is 1. The average Bonchev–Trinajstić information content (AvgIpc) is 3.23. The molecule has 27 heavy (non-hydrogen) atoms. The van der Waals surface area contributed by atoms with E-state index in [-0.39, 0.29) is 11.9 Å². The van der Waals surface area contributed by atoms with Gasteiger partial charge in [-0.2, -0.15) is 5.10 Å². The van der Waals surface area contributed by atoms with Crippen LogP contribution >= 0.6 is 0 Å². The Morgan fingerprint density at radius 3 is 2.44 bits per heavy atom. The highest BCUT2D eigenvalue weighted by Gasteiger charge is 2.41. The van der Waals surface area contributed by atoms with E-state index >= 15 is 0 Å². The van der Waals surface area contributed by atoms with Gasteiger partial charge >= 0.3 is 0 Å². The Morgan fingerprint density at radius 1 is 1.11 bits per heavy atom. The summed E-state index contributed by atoms with van der Waals surface area (Å²) in [7, 11) is 1.65. The van der Waals surface area contributed by atoms with Gasteiger partial charge < -0.3 is 9.64 Å². The van der Waals surface area contributed by atoms with E-state index in [2.05, 4.69) is 48.3 Å². The zero-order chi connectivity index (χ0) is 19.0. The predicted molar refractivity (Wildman–Crippen MR) is 105 cm³/mol. The van der Waals surface area contributed by atoms with Crippen LogP contribution in [0.25, 0.3) is 11.3 Å². The third kappa shape index (κ3) is 2.89. The molecule has 1 aliphatic heterocycles. The monoisotopic (exact) mass is 361 g/mol. The van der Waals surface area contributed by atoms with Crippen LogP contribution in [0.15, 0.2) is 48.5 Å². The van der Waals surface area contributed by atoms with E-state index < -0.39 is 0 Å². The second-order valence-corrected chi connectivity index (χ2v) is 6.90. The molecule has 0 spiro atoms. The summed E-state index contributed by atoms with van der Waals surface area (Å²) in [6, 6.07) is 16.0. The number of aryl methyl sites for hydroxylation is 1. The van der Waals surface area contributed by atoms with E-state index in [1.54, 1.807) is 7.11 Å². The normalized spacial score (nSPS) is 15.9. The number of hydrogen-bond acceptors (Lipinski definition) is 3. The summed E-state index contributed by atoms with van der Waals surface area (Å²) >= 11 is 0. The number of aromatic nitrogens is 2. The van der Waals surface area contributed by atoms with Crippen molar-refractivity contribution >= 4 is 5.91 Å². The van der Waals surface area contributed by atoms with E-state index in [4.69, 9.17) is 4.74 Å².